The first-order valence-corrected chi connectivity index (χ1v) is 8.87. The van der Waals surface area contributed by atoms with Crippen LogP contribution in [0.15, 0.2) is 78.4 Å². The van der Waals surface area contributed by atoms with E-state index in [1.165, 1.54) is 22.8 Å². The fraction of sp³-hybridized carbons (Fsp3) is 0.0909. The molecule has 0 bridgehead atoms. The number of nitrogens with one attached hydrogen (secondary N) is 1. The Hall–Kier alpha value is -4.00. The van der Waals surface area contributed by atoms with Gasteiger partial charge in [0.05, 0.1) is 12.2 Å². The van der Waals surface area contributed by atoms with Gasteiger partial charge in [-0.1, -0.05) is 30.9 Å². The van der Waals surface area contributed by atoms with E-state index in [9.17, 15) is 14.7 Å². The lowest BCUT2D eigenvalue weighted by molar-refractivity contribution is 0.101. The molecule has 0 aliphatic heterocycles. The molecule has 29 heavy (non-hydrogen) atoms. The topological polar surface area (TPSA) is 97.1 Å². The molecule has 3 rings (SSSR count). The molecule has 0 aliphatic rings. The number of aromatic nitrogens is 3. The summed E-state index contributed by atoms with van der Waals surface area (Å²) in [7, 11) is 1.58. The Bertz CT molecular complexity index is 1140. The van der Waals surface area contributed by atoms with Crippen molar-refractivity contribution in [3.05, 3.63) is 95.1 Å². The summed E-state index contributed by atoms with van der Waals surface area (Å²) >= 11 is 0. The summed E-state index contributed by atoms with van der Waals surface area (Å²) in [5.41, 5.74) is 1.94. The van der Waals surface area contributed by atoms with Gasteiger partial charge in [0, 0.05) is 43.6 Å². The number of hydrogen-bond donors (Lipinski definition) is 2. The highest BCUT2D eigenvalue weighted by Gasteiger charge is 2.11. The predicted octanol–water partition coefficient (Wildman–Crippen LogP) is 3.47. The molecule has 3 aromatic rings. The number of pyridine rings is 1. The van der Waals surface area contributed by atoms with Crippen LogP contribution in [-0.4, -0.2) is 32.0 Å². The number of carbonyl (C=O) groups is 1. The molecule has 0 saturated heterocycles. The van der Waals surface area contributed by atoms with Gasteiger partial charge in [0.25, 0.3) is 5.56 Å². The maximum Gasteiger partial charge on any atom is 0.255 e. The standard InChI is InChI=1S/C22H20N4O3.H2/c1-3-5-19(27)16-6-4-7-17(12-16)20(28)14-24-22-25-18(13-21(29)26(22)2)15-8-10-23-11-9-15;/h3-13,27H,1,14H2,2H3,(H,24,25);1H/b19-5-;. The van der Waals surface area contributed by atoms with E-state index in [1.54, 1.807) is 55.8 Å². The molecule has 0 amide bonds. The van der Waals surface area contributed by atoms with Gasteiger partial charge in [0.2, 0.25) is 5.95 Å². The Kier molecular flexibility index (Phi) is 5.99. The van der Waals surface area contributed by atoms with Crippen molar-refractivity contribution in [2.75, 3.05) is 11.9 Å². The monoisotopic (exact) mass is 390 g/mol. The van der Waals surface area contributed by atoms with E-state index in [4.69, 9.17) is 0 Å². The van der Waals surface area contributed by atoms with Crippen molar-refractivity contribution in [1.29, 1.82) is 0 Å². The lowest BCUT2D eigenvalue weighted by Gasteiger charge is -2.11. The van der Waals surface area contributed by atoms with Crippen molar-refractivity contribution in [3.8, 4) is 11.3 Å². The zero-order valence-electron chi connectivity index (χ0n) is 15.9. The summed E-state index contributed by atoms with van der Waals surface area (Å²) < 4.78 is 1.34. The third kappa shape index (κ3) is 4.65. The zero-order valence-corrected chi connectivity index (χ0v) is 15.9. The van der Waals surface area contributed by atoms with Gasteiger partial charge in [-0.15, -0.1) is 0 Å². The lowest BCUT2D eigenvalue weighted by atomic mass is 10.1. The highest BCUT2D eigenvalue weighted by Crippen LogP contribution is 2.16. The summed E-state index contributed by atoms with van der Waals surface area (Å²) in [5.74, 6) is 0.0989. The quantitative estimate of drug-likeness (QED) is 0.364. The Balaban J connectivity index is 0.00000320. The number of nitrogens with zero attached hydrogens (tertiary/aromatic N) is 3. The number of aliphatic hydroxyl groups is 1. The molecule has 7 heteroatoms. The van der Waals surface area contributed by atoms with Gasteiger partial charge in [0.1, 0.15) is 5.76 Å². The van der Waals surface area contributed by atoms with Crippen LogP contribution in [0.2, 0.25) is 0 Å². The Morgan fingerprint density at radius 3 is 2.69 bits per heavy atom. The number of benzene rings is 1. The highest BCUT2D eigenvalue weighted by molar-refractivity contribution is 5.99. The first kappa shape index (κ1) is 19.8. The van der Waals surface area contributed by atoms with Crippen LogP contribution in [0.1, 0.15) is 17.3 Å². The Morgan fingerprint density at radius 2 is 1.97 bits per heavy atom. The molecule has 2 N–H and O–H groups in total. The van der Waals surface area contributed by atoms with Crippen molar-refractivity contribution in [2.24, 2.45) is 7.05 Å². The second-order valence-electron chi connectivity index (χ2n) is 6.24. The minimum atomic E-state index is -0.247. The van der Waals surface area contributed by atoms with E-state index in [1.807, 2.05) is 0 Å². The van der Waals surface area contributed by atoms with Gasteiger partial charge >= 0.3 is 0 Å². The average Bonchev–Trinajstić information content (AvgIpc) is 2.75. The van der Waals surface area contributed by atoms with E-state index >= 15 is 0 Å². The van der Waals surface area contributed by atoms with Crippen LogP contribution in [0, 0.1) is 0 Å². The Labute approximate surface area is 169 Å². The average molecular weight is 390 g/mol. The first-order valence-electron chi connectivity index (χ1n) is 8.87. The van der Waals surface area contributed by atoms with Crippen LogP contribution < -0.4 is 10.9 Å². The largest absolute Gasteiger partial charge is 0.507 e. The second-order valence-corrected chi connectivity index (χ2v) is 6.24. The molecular weight excluding hydrogens is 368 g/mol. The molecule has 0 unspecified atom stereocenters. The van der Waals surface area contributed by atoms with E-state index in [-0.39, 0.29) is 31.0 Å². The van der Waals surface area contributed by atoms with Crippen molar-refractivity contribution >= 4 is 17.5 Å². The minimum absolute atomic E-state index is 0. The fourth-order valence-electron chi connectivity index (χ4n) is 2.69. The molecule has 0 radical (unpaired) electrons. The third-order valence-electron chi connectivity index (χ3n) is 4.27. The molecule has 0 aliphatic carbocycles. The minimum Gasteiger partial charge on any atom is -0.507 e. The smallest absolute Gasteiger partial charge is 0.255 e. The van der Waals surface area contributed by atoms with Gasteiger partial charge < -0.3 is 10.4 Å². The predicted molar refractivity (Wildman–Crippen MR) is 115 cm³/mol. The third-order valence-corrected chi connectivity index (χ3v) is 4.27. The van der Waals surface area contributed by atoms with E-state index in [0.29, 0.717) is 16.8 Å². The van der Waals surface area contributed by atoms with Crippen molar-refractivity contribution in [2.45, 2.75) is 0 Å². The summed E-state index contributed by atoms with van der Waals surface area (Å²) in [5, 5.41) is 12.9. The van der Waals surface area contributed by atoms with Crippen LogP contribution in [0.25, 0.3) is 17.0 Å². The molecule has 7 nitrogen and oxygen atoms in total. The van der Waals surface area contributed by atoms with E-state index in [0.717, 1.165) is 5.56 Å². The number of carbonyl (C=O) groups excluding carboxylic acids is 1. The number of Topliss-reactive ketones (excluding diaryl/α,β-unsaturated/α-hetero) is 1. The number of hydrogen-bond acceptors (Lipinski definition) is 6. The van der Waals surface area contributed by atoms with Gasteiger partial charge in [-0.25, -0.2) is 4.98 Å². The van der Waals surface area contributed by atoms with Crippen molar-refractivity contribution < 1.29 is 11.3 Å². The summed E-state index contributed by atoms with van der Waals surface area (Å²) in [6.45, 7) is 3.48. The maximum atomic E-state index is 12.6. The van der Waals surface area contributed by atoms with Crippen molar-refractivity contribution in [1.82, 2.24) is 14.5 Å². The molecule has 0 atom stereocenters. The number of allylic oxidation sites excluding steroid dienone is 2. The van der Waals surface area contributed by atoms with Gasteiger partial charge in [-0.2, -0.15) is 0 Å². The normalized spacial score (nSPS) is 11.1. The Morgan fingerprint density at radius 1 is 1.24 bits per heavy atom. The van der Waals surface area contributed by atoms with E-state index < -0.39 is 0 Å². The lowest BCUT2D eigenvalue weighted by Crippen LogP contribution is -2.24. The molecule has 0 saturated carbocycles. The summed E-state index contributed by atoms with van der Waals surface area (Å²) in [4.78, 5) is 33.3. The molecular formula is C22H22N4O3. The molecule has 2 aromatic heterocycles. The summed E-state index contributed by atoms with van der Waals surface area (Å²) in [6.07, 6.45) is 6.15. The molecule has 0 spiro atoms. The fourth-order valence-corrected chi connectivity index (χ4v) is 2.69. The highest BCUT2D eigenvalue weighted by atomic mass is 16.3. The van der Waals surface area contributed by atoms with Crippen molar-refractivity contribution in [3.63, 3.8) is 0 Å². The zero-order chi connectivity index (χ0) is 20.8. The second kappa shape index (κ2) is 8.79. The number of ketones is 1. The van der Waals surface area contributed by atoms with Gasteiger partial charge in [0.15, 0.2) is 5.78 Å². The van der Waals surface area contributed by atoms with E-state index in [2.05, 4.69) is 21.9 Å². The van der Waals surface area contributed by atoms with Crippen LogP contribution in [0.5, 0.6) is 0 Å². The van der Waals surface area contributed by atoms with Crippen LogP contribution in [-0.2, 0) is 7.05 Å². The molecule has 1 aromatic carbocycles. The first-order chi connectivity index (χ1) is 14.0. The summed E-state index contributed by atoms with van der Waals surface area (Å²) in [6, 6.07) is 11.6. The molecule has 148 valence electrons. The maximum absolute atomic E-state index is 12.6. The van der Waals surface area contributed by atoms with Gasteiger partial charge in [-0.05, 0) is 24.3 Å². The van der Waals surface area contributed by atoms with Crippen LogP contribution in [0.4, 0.5) is 5.95 Å². The number of anilines is 1. The molecule has 0 fully saturated rings. The van der Waals surface area contributed by atoms with Crippen LogP contribution >= 0.6 is 0 Å². The van der Waals surface area contributed by atoms with Crippen LogP contribution in [0.3, 0.4) is 0 Å². The number of rotatable bonds is 7. The number of aliphatic hydroxyl groups excluding tert-OH is 1. The molecule has 2 heterocycles. The van der Waals surface area contributed by atoms with Gasteiger partial charge in [-0.3, -0.25) is 19.1 Å². The SMILES string of the molecule is C=C/C=C(\O)c1cccc(C(=O)CNc2nc(-c3ccncc3)cc(=O)n2C)c1.[HH].